The molecule has 2 N–H and O–H groups in total. The van der Waals surface area contributed by atoms with Gasteiger partial charge in [-0.05, 0) is 49.9 Å². The third-order valence-corrected chi connectivity index (χ3v) is 4.09. The van der Waals surface area contributed by atoms with Gasteiger partial charge in [0.15, 0.2) is 0 Å². The van der Waals surface area contributed by atoms with Crippen molar-refractivity contribution in [3.63, 3.8) is 0 Å². The van der Waals surface area contributed by atoms with Gasteiger partial charge in [-0.1, -0.05) is 17.8 Å². The van der Waals surface area contributed by atoms with Gasteiger partial charge in [0.25, 0.3) is 5.76 Å². The number of amides is 2. The standard InChI is InChI=1S/C18H20F2N4O2S/c1-12-3-8-15(21-9-12)23-17(26)11-24(2)10-16(25)22-13-4-6-14(7-5-13)27-18(19)20/h3-9,18H,10-11H2,1-2H3,(H,22,25)(H,21,23,26). The Morgan fingerprint density at radius 3 is 2.26 bits per heavy atom. The Labute approximate surface area is 160 Å². The van der Waals surface area contributed by atoms with Gasteiger partial charge in [0.1, 0.15) is 5.82 Å². The number of halogens is 2. The van der Waals surface area contributed by atoms with E-state index in [0.717, 1.165) is 5.56 Å². The van der Waals surface area contributed by atoms with Gasteiger partial charge in [0, 0.05) is 16.8 Å². The van der Waals surface area contributed by atoms with E-state index in [1.807, 2.05) is 13.0 Å². The summed E-state index contributed by atoms with van der Waals surface area (Å²) >= 11 is 0.441. The van der Waals surface area contributed by atoms with Crippen LogP contribution >= 0.6 is 11.8 Å². The molecular formula is C18H20F2N4O2S. The summed E-state index contributed by atoms with van der Waals surface area (Å²) < 4.78 is 24.6. The molecular weight excluding hydrogens is 374 g/mol. The topological polar surface area (TPSA) is 74.3 Å². The lowest BCUT2D eigenvalue weighted by atomic mass is 10.3. The van der Waals surface area contributed by atoms with Crippen LogP contribution in [0.2, 0.25) is 0 Å². The Hall–Kier alpha value is -2.52. The van der Waals surface area contributed by atoms with Crippen LogP contribution in [0.1, 0.15) is 5.56 Å². The second-order valence-corrected chi connectivity index (χ2v) is 6.96. The minimum Gasteiger partial charge on any atom is -0.325 e. The van der Waals surface area contributed by atoms with E-state index >= 15 is 0 Å². The van der Waals surface area contributed by atoms with Gasteiger partial charge in [0.2, 0.25) is 11.8 Å². The van der Waals surface area contributed by atoms with Gasteiger partial charge < -0.3 is 10.6 Å². The van der Waals surface area contributed by atoms with Crippen LogP contribution in [-0.2, 0) is 9.59 Å². The van der Waals surface area contributed by atoms with Crippen LogP contribution in [-0.4, -0.2) is 47.6 Å². The first-order chi connectivity index (χ1) is 12.8. The Morgan fingerprint density at radius 2 is 1.70 bits per heavy atom. The first-order valence-electron chi connectivity index (χ1n) is 8.07. The molecule has 0 saturated heterocycles. The summed E-state index contributed by atoms with van der Waals surface area (Å²) in [5.74, 6) is -2.63. The van der Waals surface area contributed by atoms with Crippen LogP contribution < -0.4 is 10.6 Å². The molecule has 0 aliphatic heterocycles. The molecule has 2 rings (SSSR count). The van der Waals surface area contributed by atoms with Crippen molar-refractivity contribution in [1.29, 1.82) is 0 Å². The SMILES string of the molecule is Cc1ccc(NC(=O)CN(C)CC(=O)Nc2ccc(SC(F)F)cc2)nc1. The average molecular weight is 394 g/mol. The lowest BCUT2D eigenvalue weighted by Gasteiger charge is -2.16. The second kappa shape index (κ2) is 9.98. The third-order valence-electron chi connectivity index (χ3n) is 3.37. The molecule has 1 aromatic heterocycles. The van der Waals surface area contributed by atoms with E-state index in [1.165, 1.54) is 12.1 Å². The minimum absolute atomic E-state index is 0.00226. The van der Waals surface area contributed by atoms with E-state index in [2.05, 4.69) is 15.6 Å². The highest BCUT2D eigenvalue weighted by atomic mass is 32.2. The zero-order valence-corrected chi connectivity index (χ0v) is 15.7. The van der Waals surface area contributed by atoms with E-state index < -0.39 is 5.76 Å². The molecule has 1 aromatic carbocycles. The summed E-state index contributed by atoms with van der Waals surface area (Å²) in [6.07, 6.45) is 1.65. The Balaban J connectivity index is 1.77. The van der Waals surface area contributed by atoms with Crippen LogP contribution in [0.4, 0.5) is 20.3 Å². The number of carbonyl (C=O) groups excluding carboxylic acids is 2. The molecule has 0 spiro atoms. The second-order valence-electron chi connectivity index (χ2n) is 5.89. The monoisotopic (exact) mass is 394 g/mol. The Morgan fingerprint density at radius 1 is 1.07 bits per heavy atom. The zero-order chi connectivity index (χ0) is 19.8. The number of anilines is 2. The van der Waals surface area contributed by atoms with Crippen molar-refractivity contribution in [3.8, 4) is 0 Å². The smallest absolute Gasteiger partial charge is 0.288 e. The molecule has 0 fully saturated rings. The largest absolute Gasteiger partial charge is 0.325 e. The Bertz CT molecular complexity index is 770. The number of aromatic nitrogens is 1. The van der Waals surface area contributed by atoms with E-state index in [4.69, 9.17) is 0 Å². The van der Waals surface area contributed by atoms with Crippen LogP contribution in [0.25, 0.3) is 0 Å². The van der Waals surface area contributed by atoms with Crippen molar-refractivity contribution in [1.82, 2.24) is 9.88 Å². The maximum Gasteiger partial charge on any atom is 0.288 e. The molecule has 6 nitrogen and oxygen atoms in total. The number of pyridine rings is 1. The maximum atomic E-state index is 12.3. The summed E-state index contributed by atoms with van der Waals surface area (Å²) in [4.78, 5) is 30.1. The number of aryl methyl sites for hydroxylation is 1. The summed E-state index contributed by atoms with van der Waals surface area (Å²) in [5, 5.41) is 5.32. The number of rotatable bonds is 8. The molecule has 0 aliphatic rings. The normalized spacial score (nSPS) is 10.9. The van der Waals surface area contributed by atoms with Crippen molar-refractivity contribution < 1.29 is 18.4 Å². The van der Waals surface area contributed by atoms with Gasteiger partial charge >= 0.3 is 0 Å². The quantitative estimate of drug-likeness (QED) is 0.673. The van der Waals surface area contributed by atoms with Gasteiger partial charge in [-0.2, -0.15) is 8.78 Å². The number of alkyl halides is 2. The number of likely N-dealkylation sites (N-methyl/N-ethyl adjacent to an activating group) is 1. The van der Waals surface area contributed by atoms with Crippen LogP contribution in [0.15, 0.2) is 47.5 Å². The number of carbonyl (C=O) groups is 2. The molecule has 2 amide bonds. The first kappa shape index (κ1) is 20.8. The lowest BCUT2D eigenvalue weighted by Crippen LogP contribution is -2.36. The molecule has 0 aliphatic carbocycles. The van der Waals surface area contributed by atoms with Crippen molar-refractivity contribution in [3.05, 3.63) is 48.2 Å². The van der Waals surface area contributed by atoms with Gasteiger partial charge in [-0.3, -0.25) is 14.5 Å². The predicted molar refractivity (Wildman–Crippen MR) is 102 cm³/mol. The number of hydrogen-bond acceptors (Lipinski definition) is 5. The number of nitrogens with zero attached hydrogens (tertiary/aromatic N) is 2. The summed E-state index contributed by atoms with van der Waals surface area (Å²) in [7, 11) is 1.64. The van der Waals surface area contributed by atoms with E-state index in [-0.39, 0.29) is 24.9 Å². The van der Waals surface area contributed by atoms with Crippen molar-refractivity contribution in [2.24, 2.45) is 0 Å². The van der Waals surface area contributed by atoms with E-state index in [0.29, 0.717) is 28.2 Å². The highest BCUT2D eigenvalue weighted by Crippen LogP contribution is 2.26. The molecule has 2 aromatic rings. The lowest BCUT2D eigenvalue weighted by molar-refractivity contribution is -0.119. The van der Waals surface area contributed by atoms with Crippen LogP contribution in [0, 0.1) is 6.92 Å². The summed E-state index contributed by atoms with van der Waals surface area (Å²) in [5.41, 5.74) is 1.49. The molecule has 0 unspecified atom stereocenters. The Kier molecular flexibility index (Phi) is 7.68. The number of benzene rings is 1. The zero-order valence-electron chi connectivity index (χ0n) is 14.9. The first-order valence-corrected chi connectivity index (χ1v) is 8.95. The molecule has 1 heterocycles. The van der Waals surface area contributed by atoms with E-state index in [9.17, 15) is 18.4 Å². The number of thioether (sulfide) groups is 1. The van der Waals surface area contributed by atoms with Crippen molar-refractivity contribution >= 4 is 35.1 Å². The highest BCUT2D eigenvalue weighted by molar-refractivity contribution is 7.99. The predicted octanol–water partition coefficient (Wildman–Crippen LogP) is 3.21. The fraction of sp³-hybridized carbons (Fsp3) is 0.278. The third kappa shape index (κ3) is 7.71. The fourth-order valence-corrected chi connectivity index (χ4v) is 2.69. The maximum absolute atomic E-state index is 12.3. The highest BCUT2D eigenvalue weighted by Gasteiger charge is 2.12. The molecule has 0 radical (unpaired) electrons. The molecule has 144 valence electrons. The van der Waals surface area contributed by atoms with Crippen molar-refractivity contribution in [2.75, 3.05) is 30.8 Å². The van der Waals surface area contributed by atoms with E-state index in [1.54, 1.807) is 36.3 Å². The summed E-state index contributed by atoms with van der Waals surface area (Å²) in [6.45, 7) is 1.92. The van der Waals surface area contributed by atoms with Gasteiger partial charge in [0.05, 0.1) is 13.1 Å². The number of nitrogens with one attached hydrogen (secondary N) is 2. The molecule has 0 saturated carbocycles. The fourth-order valence-electron chi connectivity index (χ4n) is 2.19. The van der Waals surface area contributed by atoms with Gasteiger partial charge in [-0.25, -0.2) is 4.98 Å². The summed E-state index contributed by atoms with van der Waals surface area (Å²) in [6, 6.07) is 9.67. The average Bonchev–Trinajstić information content (AvgIpc) is 2.58. The molecule has 27 heavy (non-hydrogen) atoms. The molecule has 0 bridgehead atoms. The molecule has 0 atom stereocenters. The minimum atomic E-state index is -2.49. The van der Waals surface area contributed by atoms with Crippen molar-refractivity contribution in [2.45, 2.75) is 17.6 Å². The van der Waals surface area contributed by atoms with Gasteiger partial charge in [-0.15, -0.1) is 0 Å². The number of hydrogen-bond donors (Lipinski definition) is 2. The van der Waals surface area contributed by atoms with Crippen LogP contribution in [0.5, 0.6) is 0 Å². The van der Waals surface area contributed by atoms with Crippen LogP contribution in [0.3, 0.4) is 0 Å². The molecule has 9 heteroatoms.